The van der Waals surface area contributed by atoms with E-state index in [4.69, 9.17) is 15.7 Å². The van der Waals surface area contributed by atoms with Crippen LogP contribution in [0, 0.1) is 18.3 Å². The molecule has 3 heteroatoms. The molecule has 3 nitrogen and oxygen atoms in total. The second kappa shape index (κ2) is 5.63. The van der Waals surface area contributed by atoms with Gasteiger partial charge in [0.05, 0.1) is 12.7 Å². The van der Waals surface area contributed by atoms with E-state index >= 15 is 0 Å². The van der Waals surface area contributed by atoms with Gasteiger partial charge in [0.25, 0.3) is 0 Å². The van der Waals surface area contributed by atoms with Crippen LogP contribution in [0.25, 0.3) is 0 Å². The number of aryl methyl sites for hydroxylation is 1. The normalized spacial score (nSPS) is 14.6. The lowest BCUT2D eigenvalue weighted by Gasteiger charge is -2.24. The molecule has 0 bridgehead atoms. The quantitative estimate of drug-likeness (QED) is 0.903. The molecular formula is C16H24N2O. The molecule has 0 aliphatic carbocycles. The van der Waals surface area contributed by atoms with Crippen molar-refractivity contribution in [1.82, 2.24) is 0 Å². The SMILES string of the molecule is Cc1ccc(OCCC(C)(N)C#N)c(C(C)(C)C)c1. The fraction of sp³-hybridized carbons (Fsp3) is 0.562. The van der Waals surface area contributed by atoms with Gasteiger partial charge in [-0.25, -0.2) is 0 Å². The summed E-state index contributed by atoms with van der Waals surface area (Å²) in [6.45, 7) is 10.7. The van der Waals surface area contributed by atoms with E-state index in [0.717, 1.165) is 5.75 Å². The maximum absolute atomic E-state index is 8.88. The fourth-order valence-electron chi connectivity index (χ4n) is 1.78. The first kappa shape index (κ1) is 15.5. The molecule has 0 saturated heterocycles. The first-order valence-corrected chi connectivity index (χ1v) is 6.60. The van der Waals surface area contributed by atoms with Crippen molar-refractivity contribution in [3.8, 4) is 11.8 Å². The zero-order chi connectivity index (χ0) is 14.7. The average Bonchev–Trinajstić information content (AvgIpc) is 2.29. The van der Waals surface area contributed by atoms with Gasteiger partial charge in [0.1, 0.15) is 11.3 Å². The smallest absolute Gasteiger partial charge is 0.123 e. The van der Waals surface area contributed by atoms with Crippen molar-refractivity contribution in [3.63, 3.8) is 0 Å². The Bertz CT molecular complexity index is 479. The topological polar surface area (TPSA) is 59.0 Å². The first-order valence-electron chi connectivity index (χ1n) is 6.60. The summed E-state index contributed by atoms with van der Waals surface area (Å²) < 4.78 is 5.83. The van der Waals surface area contributed by atoms with E-state index in [9.17, 15) is 0 Å². The summed E-state index contributed by atoms with van der Waals surface area (Å²) in [5.41, 5.74) is 7.39. The molecule has 0 amide bonds. The minimum absolute atomic E-state index is 0.0304. The monoisotopic (exact) mass is 260 g/mol. The van der Waals surface area contributed by atoms with E-state index in [1.54, 1.807) is 6.92 Å². The maximum Gasteiger partial charge on any atom is 0.123 e. The van der Waals surface area contributed by atoms with Crippen LogP contribution < -0.4 is 10.5 Å². The highest BCUT2D eigenvalue weighted by atomic mass is 16.5. The summed E-state index contributed by atoms with van der Waals surface area (Å²) in [5, 5.41) is 8.88. The molecular weight excluding hydrogens is 236 g/mol. The second-order valence-corrected chi connectivity index (χ2v) is 6.38. The lowest BCUT2D eigenvalue weighted by atomic mass is 9.85. The number of benzene rings is 1. The van der Waals surface area contributed by atoms with Gasteiger partial charge in [-0.15, -0.1) is 0 Å². The average molecular weight is 260 g/mol. The molecule has 1 atom stereocenters. The highest BCUT2D eigenvalue weighted by Crippen LogP contribution is 2.32. The molecule has 0 saturated carbocycles. The zero-order valence-corrected chi connectivity index (χ0v) is 12.6. The molecule has 0 aliphatic heterocycles. The Morgan fingerprint density at radius 2 is 1.89 bits per heavy atom. The van der Waals surface area contributed by atoms with Gasteiger partial charge in [0.15, 0.2) is 0 Å². The van der Waals surface area contributed by atoms with Gasteiger partial charge < -0.3 is 10.5 Å². The van der Waals surface area contributed by atoms with Crippen LogP contribution in [0.4, 0.5) is 0 Å². The van der Waals surface area contributed by atoms with Gasteiger partial charge in [-0.2, -0.15) is 5.26 Å². The van der Waals surface area contributed by atoms with Crippen molar-refractivity contribution in [2.45, 2.75) is 52.0 Å². The van der Waals surface area contributed by atoms with E-state index < -0.39 is 5.54 Å². The number of rotatable bonds is 4. The maximum atomic E-state index is 8.88. The van der Waals surface area contributed by atoms with E-state index in [1.807, 2.05) is 12.1 Å². The number of nitriles is 1. The number of hydrogen-bond donors (Lipinski definition) is 1. The number of hydrogen-bond acceptors (Lipinski definition) is 3. The molecule has 0 aromatic heterocycles. The Labute approximate surface area is 116 Å². The minimum atomic E-state index is -0.827. The van der Waals surface area contributed by atoms with Crippen LogP contribution in [0.3, 0.4) is 0 Å². The number of nitrogens with two attached hydrogens (primary N) is 1. The summed E-state index contributed by atoms with van der Waals surface area (Å²) in [4.78, 5) is 0. The molecule has 0 spiro atoms. The lowest BCUT2D eigenvalue weighted by molar-refractivity contribution is 0.279. The summed E-state index contributed by atoms with van der Waals surface area (Å²) in [7, 11) is 0. The minimum Gasteiger partial charge on any atom is -0.493 e. The van der Waals surface area contributed by atoms with E-state index in [1.165, 1.54) is 11.1 Å². The summed E-state index contributed by atoms with van der Waals surface area (Å²) >= 11 is 0. The largest absolute Gasteiger partial charge is 0.493 e. The third-order valence-corrected chi connectivity index (χ3v) is 3.08. The van der Waals surface area contributed by atoms with Crippen molar-refractivity contribution in [2.75, 3.05) is 6.61 Å². The van der Waals surface area contributed by atoms with Crippen molar-refractivity contribution in [1.29, 1.82) is 5.26 Å². The molecule has 0 fully saturated rings. The van der Waals surface area contributed by atoms with Crippen LogP contribution in [-0.4, -0.2) is 12.1 Å². The van der Waals surface area contributed by atoms with E-state index in [0.29, 0.717) is 13.0 Å². The third kappa shape index (κ3) is 4.57. The standard InChI is InChI=1S/C16H24N2O/c1-12-6-7-14(13(10-12)15(2,3)4)19-9-8-16(5,18)11-17/h6-7,10H,8-9,18H2,1-5H3. The van der Waals surface area contributed by atoms with E-state index in [2.05, 4.69) is 39.8 Å². The van der Waals surface area contributed by atoms with Crippen LogP contribution in [-0.2, 0) is 5.41 Å². The van der Waals surface area contributed by atoms with Crippen LogP contribution in [0.2, 0.25) is 0 Å². The molecule has 2 N–H and O–H groups in total. The van der Waals surface area contributed by atoms with Gasteiger partial charge in [-0.1, -0.05) is 38.5 Å². The first-order chi connectivity index (χ1) is 8.65. The van der Waals surface area contributed by atoms with Crippen molar-refractivity contribution in [3.05, 3.63) is 29.3 Å². The number of ether oxygens (including phenoxy) is 1. The van der Waals surface area contributed by atoms with Crippen LogP contribution in [0.1, 0.15) is 45.2 Å². The predicted octanol–water partition coefficient (Wildman–Crippen LogP) is 3.30. The third-order valence-electron chi connectivity index (χ3n) is 3.08. The molecule has 0 heterocycles. The highest BCUT2D eigenvalue weighted by molar-refractivity contribution is 5.41. The van der Waals surface area contributed by atoms with Crippen molar-refractivity contribution < 1.29 is 4.74 Å². The fourth-order valence-corrected chi connectivity index (χ4v) is 1.78. The van der Waals surface area contributed by atoms with Crippen LogP contribution >= 0.6 is 0 Å². The number of nitrogens with zero attached hydrogens (tertiary/aromatic N) is 1. The molecule has 1 aromatic carbocycles. The van der Waals surface area contributed by atoms with Gasteiger partial charge in [-0.05, 0) is 30.9 Å². The Balaban J connectivity index is 2.83. The molecule has 0 aliphatic rings. The predicted molar refractivity (Wildman–Crippen MR) is 78.2 cm³/mol. The van der Waals surface area contributed by atoms with Crippen molar-refractivity contribution in [2.24, 2.45) is 5.73 Å². The van der Waals surface area contributed by atoms with Crippen LogP contribution in [0.15, 0.2) is 18.2 Å². The molecule has 19 heavy (non-hydrogen) atoms. The molecule has 1 aromatic rings. The van der Waals surface area contributed by atoms with Gasteiger partial charge >= 0.3 is 0 Å². The Morgan fingerprint density at radius 3 is 2.42 bits per heavy atom. The molecule has 1 rings (SSSR count). The van der Waals surface area contributed by atoms with Crippen LogP contribution in [0.5, 0.6) is 5.75 Å². The van der Waals surface area contributed by atoms with Gasteiger partial charge in [0.2, 0.25) is 0 Å². The zero-order valence-electron chi connectivity index (χ0n) is 12.6. The highest BCUT2D eigenvalue weighted by Gasteiger charge is 2.21. The summed E-state index contributed by atoms with van der Waals surface area (Å²) in [6, 6.07) is 8.27. The lowest BCUT2D eigenvalue weighted by Crippen LogP contribution is -2.35. The Morgan fingerprint density at radius 1 is 1.26 bits per heavy atom. The van der Waals surface area contributed by atoms with Gasteiger partial charge in [-0.3, -0.25) is 0 Å². The molecule has 0 radical (unpaired) electrons. The Kier molecular flexibility index (Phi) is 4.60. The van der Waals surface area contributed by atoms with E-state index in [-0.39, 0.29) is 5.41 Å². The molecule has 104 valence electrons. The summed E-state index contributed by atoms with van der Waals surface area (Å²) in [5.74, 6) is 0.881. The second-order valence-electron chi connectivity index (χ2n) is 6.38. The van der Waals surface area contributed by atoms with Gasteiger partial charge in [0, 0.05) is 6.42 Å². The summed E-state index contributed by atoms with van der Waals surface area (Å²) in [6.07, 6.45) is 0.515. The van der Waals surface area contributed by atoms with Crippen molar-refractivity contribution >= 4 is 0 Å². The molecule has 1 unspecified atom stereocenters. The Hall–Kier alpha value is -1.53.